The highest BCUT2D eigenvalue weighted by Gasteiger charge is 2.38. The number of rotatable bonds is 3. The molecule has 5 nitrogen and oxygen atoms in total. The second-order valence-corrected chi connectivity index (χ2v) is 6.48. The van der Waals surface area contributed by atoms with E-state index in [0.29, 0.717) is 19.5 Å². The van der Waals surface area contributed by atoms with E-state index in [2.05, 4.69) is 0 Å². The molecule has 0 saturated carbocycles. The van der Waals surface area contributed by atoms with Crippen molar-refractivity contribution in [2.75, 3.05) is 19.6 Å². The largest absolute Gasteiger partial charge is 0.471 e. The Morgan fingerprint density at radius 2 is 1.91 bits per heavy atom. The Kier molecular flexibility index (Phi) is 6.08. The summed E-state index contributed by atoms with van der Waals surface area (Å²) in [5.41, 5.74) is -0.579. The smallest absolute Gasteiger partial charge is 0.444 e. The lowest BCUT2D eigenvalue weighted by atomic mass is 9.95. The number of carbonyl (C=O) groups is 2. The van der Waals surface area contributed by atoms with Gasteiger partial charge in [-0.2, -0.15) is 13.2 Å². The molecule has 0 spiro atoms. The molecule has 0 aromatic rings. The molecule has 1 aliphatic heterocycles. The highest BCUT2D eigenvalue weighted by atomic mass is 19.4. The summed E-state index contributed by atoms with van der Waals surface area (Å²) in [6, 6.07) is 0. The van der Waals surface area contributed by atoms with Gasteiger partial charge in [0.2, 0.25) is 0 Å². The van der Waals surface area contributed by atoms with Gasteiger partial charge in [0, 0.05) is 19.6 Å². The SMILES string of the molecule is CC(C)(C)OC(=O)N1CCC[C@@H](CCNC(=O)C(F)(F)F)C1. The van der Waals surface area contributed by atoms with Gasteiger partial charge in [-0.3, -0.25) is 4.79 Å². The van der Waals surface area contributed by atoms with Gasteiger partial charge >= 0.3 is 18.2 Å². The van der Waals surface area contributed by atoms with Crippen LogP contribution in [0.25, 0.3) is 0 Å². The van der Waals surface area contributed by atoms with Crippen LogP contribution in [-0.4, -0.2) is 48.3 Å². The fourth-order valence-electron chi connectivity index (χ4n) is 2.28. The summed E-state index contributed by atoms with van der Waals surface area (Å²) in [5.74, 6) is -1.86. The lowest BCUT2D eigenvalue weighted by Crippen LogP contribution is -2.44. The van der Waals surface area contributed by atoms with Crippen LogP contribution < -0.4 is 5.32 Å². The molecule has 1 aliphatic rings. The number of likely N-dealkylation sites (tertiary alicyclic amines) is 1. The molecule has 128 valence electrons. The molecule has 1 fully saturated rings. The quantitative estimate of drug-likeness (QED) is 0.868. The van der Waals surface area contributed by atoms with Crippen molar-refractivity contribution in [1.82, 2.24) is 10.2 Å². The maximum Gasteiger partial charge on any atom is 0.471 e. The first-order valence-corrected chi connectivity index (χ1v) is 7.32. The van der Waals surface area contributed by atoms with Gasteiger partial charge in [-0.25, -0.2) is 4.79 Å². The summed E-state index contributed by atoms with van der Waals surface area (Å²) in [4.78, 5) is 24.2. The van der Waals surface area contributed by atoms with E-state index in [1.54, 1.807) is 25.7 Å². The second-order valence-electron chi connectivity index (χ2n) is 6.48. The van der Waals surface area contributed by atoms with Crippen molar-refractivity contribution in [2.45, 2.75) is 51.8 Å². The topological polar surface area (TPSA) is 58.6 Å². The summed E-state index contributed by atoms with van der Waals surface area (Å²) in [7, 11) is 0. The molecule has 1 atom stereocenters. The van der Waals surface area contributed by atoms with E-state index in [1.807, 2.05) is 5.32 Å². The van der Waals surface area contributed by atoms with Gasteiger partial charge in [0.15, 0.2) is 0 Å². The third-order valence-electron chi connectivity index (χ3n) is 3.27. The Morgan fingerprint density at radius 1 is 1.27 bits per heavy atom. The van der Waals surface area contributed by atoms with E-state index in [9.17, 15) is 22.8 Å². The third kappa shape index (κ3) is 6.53. The molecule has 0 bridgehead atoms. The average molecular weight is 324 g/mol. The van der Waals surface area contributed by atoms with E-state index in [1.165, 1.54) is 0 Å². The number of halogens is 3. The minimum absolute atomic E-state index is 0.0504. The van der Waals surface area contributed by atoms with Gasteiger partial charge in [-0.1, -0.05) is 0 Å². The predicted octanol–water partition coefficient (Wildman–Crippen LogP) is 2.70. The molecule has 22 heavy (non-hydrogen) atoms. The van der Waals surface area contributed by atoms with Crippen LogP contribution in [0.4, 0.5) is 18.0 Å². The van der Waals surface area contributed by atoms with Crippen molar-refractivity contribution in [3.63, 3.8) is 0 Å². The van der Waals surface area contributed by atoms with Crippen molar-refractivity contribution in [3.05, 3.63) is 0 Å². The fraction of sp³-hybridized carbons (Fsp3) is 0.857. The predicted molar refractivity (Wildman–Crippen MR) is 74.2 cm³/mol. The number of ether oxygens (including phenoxy) is 1. The zero-order valence-electron chi connectivity index (χ0n) is 13.1. The average Bonchev–Trinajstić information content (AvgIpc) is 2.36. The Balaban J connectivity index is 2.38. The van der Waals surface area contributed by atoms with E-state index >= 15 is 0 Å². The molecule has 1 saturated heterocycles. The van der Waals surface area contributed by atoms with E-state index in [4.69, 9.17) is 4.74 Å². The molecule has 0 aliphatic carbocycles. The van der Waals surface area contributed by atoms with Crippen LogP contribution in [0.1, 0.15) is 40.0 Å². The first-order chi connectivity index (χ1) is 9.99. The molecular formula is C14H23F3N2O3. The Labute approximate surface area is 128 Å². The van der Waals surface area contributed by atoms with Crippen molar-refractivity contribution in [3.8, 4) is 0 Å². The highest BCUT2D eigenvalue weighted by molar-refractivity contribution is 5.81. The lowest BCUT2D eigenvalue weighted by Gasteiger charge is -2.34. The van der Waals surface area contributed by atoms with Crippen LogP contribution in [0, 0.1) is 5.92 Å². The maximum atomic E-state index is 12.1. The maximum absolute atomic E-state index is 12.1. The summed E-state index contributed by atoms with van der Waals surface area (Å²) < 4.78 is 41.5. The third-order valence-corrected chi connectivity index (χ3v) is 3.27. The molecule has 0 aromatic carbocycles. The number of piperidine rings is 1. The van der Waals surface area contributed by atoms with Crippen LogP contribution >= 0.6 is 0 Å². The number of alkyl halides is 3. The van der Waals surface area contributed by atoms with Crippen molar-refractivity contribution >= 4 is 12.0 Å². The fourth-order valence-corrected chi connectivity index (χ4v) is 2.28. The summed E-state index contributed by atoms with van der Waals surface area (Å²) in [6.07, 6.45) is -3.26. The molecule has 0 radical (unpaired) electrons. The second kappa shape index (κ2) is 7.19. The first kappa shape index (κ1) is 18.6. The van der Waals surface area contributed by atoms with Gasteiger partial charge in [-0.05, 0) is 46.0 Å². The van der Waals surface area contributed by atoms with Crippen molar-refractivity contribution in [2.24, 2.45) is 5.92 Å². The molecule has 8 heteroatoms. The van der Waals surface area contributed by atoms with Crippen LogP contribution in [-0.2, 0) is 9.53 Å². The van der Waals surface area contributed by atoms with Crippen LogP contribution in [0.15, 0.2) is 0 Å². The Hall–Kier alpha value is -1.47. The standard InChI is InChI=1S/C14H23F3N2O3/c1-13(2,3)22-12(21)19-8-4-5-10(9-19)6-7-18-11(20)14(15,16)17/h10H,4-9H2,1-3H3,(H,18,20)/t10-/m0/s1. The lowest BCUT2D eigenvalue weighted by molar-refractivity contribution is -0.173. The summed E-state index contributed by atoms with van der Waals surface area (Å²) in [5, 5.41) is 1.85. The molecular weight excluding hydrogens is 301 g/mol. The number of nitrogens with zero attached hydrogens (tertiary/aromatic N) is 1. The minimum Gasteiger partial charge on any atom is -0.444 e. The zero-order chi connectivity index (χ0) is 17.0. The van der Waals surface area contributed by atoms with Crippen LogP contribution in [0.3, 0.4) is 0 Å². The normalized spacial score (nSPS) is 19.7. The van der Waals surface area contributed by atoms with E-state index in [0.717, 1.165) is 12.8 Å². The van der Waals surface area contributed by atoms with Gasteiger partial charge in [0.25, 0.3) is 0 Å². The number of nitrogens with one attached hydrogen (secondary N) is 1. The molecule has 0 aromatic heterocycles. The number of hydrogen-bond acceptors (Lipinski definition) is 3. The van der Waals surface area contributed by atoms with Gasteiger partial charge in [0.05, 0.1) is 0 Å². The monoisotopic (exact) mass is 324 g/mol. The molecule has 1 N–H and O–H groups in total. The molecule has 1 rings (SSSR count). The van der Waals surface area contributed by atoms with Crippen LogP contribution in [0.5, 0.6) is 0 Å². The first-order valence-electron chi connectivity index (χ1n) is 7.32. The van der Waals surface area contributed by atoms with E-state index in [-0.39, 0.29) is 12.5 Å². The number of hydrogen-bond donors (Lipinski definition) is 1. The Bertz CT molecular complexity index is 405. The molecule has 1 heterocycles. The highest BCUT2D eigenvalue weighted by Crippen LogP contribution is 2.21. The number of carbonyl (C=O) groups excluding carboxylic acids is 2. The van der Waals surface area contributed by atoms with Crippen molar-refractivity contribution in [1.29, 1.82) is 0 Å². The van der Waals surface area contributed by atoms with Crippen LogP contribution in [0.2, 0.25) is 0 Å². The van der Waals surface area contributed by atoms with Gasteiger partial charge in [-0.15, -0.1) is 0 Å². The minimum atomic E-state index is -4.85. The van der Waals surface area contributed by atoms with Crippen molar-refractivity contribution < 1.29 is 27.5 Å². The van der Waals surface area contributed by atoms with E-state index < -0.39 is 23.8 Å². The molecule has 0 unspecified atom stereocenters. The van der Waals surface area contributed by atoms with Gasteiger partial charge < -0.3 is 15.0 Å². The summed E-state index contributed by atoms with van der Waals surface area (Å²) >= 11 is 0. The number of amides is 2. The zero-order valence-corrected chi connectivity index (χ0v) is 13.1. The Morgan fingerprint density at radius 3 is 2.45 bits per heavy atom. The summed E-state index contributed by atoms with van der Waals surface area (Å²) in [6.45, 7) is 6.30. The van der Waals surface area contributed by atoms with Gasteiger partial charge in [0.1, 0.15) is 5.60 Å². The molecule has 2 amide bonds.